The monoisotopic (exact) mass is 419 g/mol. The molecule has 2 aliphatic carbocycles. The van der Waals surface area contributed by atoms with Gasteiger partial charge in [0.05, 0.1) is 6.67 Å². The molecule has 3 fully saturated rings. The minimum absolute atomic E-state index is 0.0123. The molecule has 1 saturated heterocycles. The van der Waals surface area contributed by atoms with Crippen LogP contribution in [0.5, 0.6) is 0 Å². The zero-order valence-corrected chi connectivity index (χ0v) is 18.0. The van der Waals surface area contributed by atoms with E-state index in [0.29, 0.717) is 30.1 Å². The fourth-order valence-electron chi connectivity index (χ4n) is 5.86. The predicted octanol–water partition coefficient (Wildman–Crippen LogP) is 2.86. The summed E-state index contributed by atoms with van der Waals surface area (Å²) in [5.74, 6) is 1.06. The molecule has 5 heteroatoms. The lowest BCUT2D eigenvalue weighted by molar-refractivity contribution is -0.147. The molecule has 0 radical (unpaired) electrons. The summed E-state index contributed by atoms with van der Waals surface area (Å²) in [4.78, 5) is 15.7. The van der Waals surface area contributed by atoms with E-state index in [0.717, 1.165) is 45.3 Å². The second kappa shape index (κ2) is 8.73. The van der Waals surface area contributed by atoms with Gasteiger partial charge >= 0.3 is 0 Å². The SMILES string of the molecule is O=C(NCNC1C2CN(Cc3ccccc3)CC21)C(O)(c1ccccc1)C1CCCC1. The van der Waals surface area contributed by atoms with Crippen LogP contribution < -0.4 is 10.6 Å². The first kappa shape index (κ1) is 20.7. The quantitative estimate of drug-likeness (QED) is 0.576. The van der Waals surface area contributed by atoms with Crippen molar-refractivity contribution in [1.29, 1.82) is 0 Å². The van der Waals surface area contributed by atoms with E-state index in [1.807, 2.05) is 30.3 Å². The van der Waals surface area contributed by atoms with E-state index < -0.39 is 5.60 Å². The highest BCUT2D eigenvalue weighted by Gasteiger charge is 2.55. The van der Waals surface area contributed by atoms with Gasteiger partial charge in [-0.2, -0.15) is 0 Å². The number of fused-ring (bicyclic) bond motifs is 1. The topological polar surface area (TPSA) is 64.6 Å². The second-order valence-electron chi connectivity index (χ2n) is 9.53. The zero-order chi connectivity index (χ0) is 21.3. The number of hydrogen-bond acceptors (Lipinski definition) is 4. The Hall–Kier alpha value is -2.21. The minimum Gasteiger partial charge on any atom is -0.375 e. The summed E-state index contributed by atoms with van der Waals surface area (Å²) in [7, 11) is 0. The summed E-state index contributed by atoms with van der Waals surface area (Å²) >= 11 is 0. The standard InChI is InChI=1S/C26H33N3O2/c30-25(26(31,21-13-7-8-14-21)20-11-5-2-6-12-20)28-18-27-24-22-16-29(17-23(22)24)15-19-9-3-1-4-10-19/h1-6,9-12,21-24,27,31H,7-8,13-18H2,(H,28,30). The van der Waals surface area contributed by atoms with Crippen LogP contribution in [0, 0.1) is 17.8 Å². The number of aliphatic hydroxyl groups is 1. The number of carbonyl (C=O) groups excluding carboxylic acids is 1. The average Bonchev–Trinajstić information content (AvgIpc) is 3.20. The lowest BCUT2D eigenvalue weighted by atomic mass is 9.79. The van der Waals surface area contributed by atoms with Gasteiger partial charge < -0.3 is 10.4 Å². The van der Waals surface area contributed by atoms with Gasteiger partial charge in [0.15, 0.2) is 5.60 Å². The Balaban J connectivity index is 1.12. The molecule has 0 aromatic heterocycles. The van der Waals surface area contributed by atoms with Crippen molar-refractivity contribution in [3.8, 4) is 0 Å². The molecule has 1 amide bonds. The third-order valence-corrected chi connectivity index (χ3v) is 7.61. The Bertz CT molecular complexity index is 872. The number of nitrogens with one attached hydrogen (secondary N) is 2. The Morgan fingerprint density at radius 3 is 2.23 bits per heavy atom. The Morgan fingerprint density at radius 2 is 1.58 bits per heavy atom. The van der Waals surface area contributed by atoms with Crippen LogP contribution in [0.1, 0.15) is 36.8 Å². The van der Waals surface area contributed by atoms with Gasteiger partial charge in [-0.05, 0) is 35.8 Å². The van der Waals surface area contributed by atoms with Crippen LogP contribution in [0.25, 0.3) is 0 Å². The summed E-state index contributed by atoms with van der Waals surface area (Å²) in [6.45, 7) is 3.66. The molecule has 1 heterocycles. The smallest absolute Gasteiger partial charge is 0.257 e. The van der Waals surface area contributed by atoms with E-state index in [4.69, 9.17) is 0 Å². The fraction of sp³-hybridized carbons (Fsp3) is 0.500. The highest BCUT2D eigenvalue weighted by molar-refractivity contribution is 5.86. The molecule has 2 saturated carbocycles. The summed E-state index contributed by atoms with van der Waals surface area (Å²) in [5, 5.41) is 18.0. The molecule has 3 unspecified atom stereocenters. The number of rotatable bonds is 8. The number of nitrogens with zero attached hydrogens (tertiary/aromatic N) is 1. The van der Waals surface area contributed by atoms with Crippen LogP contribution in [0.15, 0.2) is 60.7 Å². The first-order chi connectivity index (χ1) is 15.2. The number of likely N-dealkylation sites (tertiary alicyclic amines) is 1. The Morgan fingerprint density at radius 1 is 0.968 bits per heavy atom. The molecule has 1 aliphatic heterocycles. The largest absolute Gasteiger partial charge is 0.375 e. The summed E-state index contributed by atoms with van der Waals surface area (Å²) < 4.78 is 0. The van der Waals surface area contributed by atoms with E-state index in [1.165, 1.54) is 5.56 Å². The van der Waals surface area contributed by atoms with Gasteiger partial charge in [0.1, 0.15) is 0 Å². The maximum Gasteiger partial charge on any atom is 0.257 e. The molecule has 0 bridgehead atoms. The van der Waals surface area contributed by atoms with Crippen LogP contribution in [0.3, 0.4) is 0 Å². The van der Waals surface area contributed by atoms with Crippen LogP contribution in [-0.4, -0.2) is 41.7 Å². The molecule has 3 atom stereocenters. The molecule has 2 aromatic carbocycles. The van der Waals surface area contributed by atoms with Crippen molar-refractivity contribution in [2.24, 2.45) is 17.8 Å². The van der Waals surface area contributed by atoms with Crippen LogP contribution >= 0.6 is 0 Å². The molecule has 3 N–H and O–H groups in total. The van der Waals surface area contributed by atoms with Gasteiger partial charge in [0.2, 0.25) is 0 Å². The van der Waals surface area contributed by atoms with Crippen molar-refractivity contribution in [1.82, 2.24) is 15.5 Å². The zero-order valence-electron chi connectivity index (χ0n) is 18.0. The van der Waals surface area contributed by atoms with Crippen molar-refractivity contribution >= 4 is 5.91 Å². The normalized spacial score (nSPS) is 27.6. The molecule has 31 heavy (non-hydrogen) atoms. The van der Waals surface area contributed by atoms with Crippen molar-refractivity contribution in [2.45, 2.75) is 43.9 Å². The second-order valence-corrected chi connectivity index (χ2v) is 9.53. The molecule has 0 spiro atoms. The van der Waals surface area contributed by atoms with E-state index in [1.54, 1.807) is 0 Å². The van der Waals surface area contributed by atoms with E-state index in [2.05, 4.69) is 45.9 Å². The predicted molar refractivity (Wildman–Crippen MR) is 121 cm³/mol. The Kier molecular flexibility index (Phi) is 5.83. The Labute approximate surface area is 184 Å². The van der Waals surface area contributed by atoms with Gasteiger partial charge in [-0.1, -0.05) is 73.5 Å². The molecular weight excluding hydrogens is 386 g/mol. The van der Waals surface area contributed by atoms with Gasteiger partial charge in [-0.15, -0.1) is 0 Å². The maximum absolute atomic E-state index is 13.1. The number of benzene rings is 2. The lowest BCUT2D eigenvalue weighted by Crippen LogP contribution is -2.51. The maximum atomic E-state index is 13.1. The van der Waals surface area contributed by atoms with E-state index in [9.17, 15) is 9.90 Å². The fourth-order valence-corrected chi connectivity index (χ4v) is 5.86. The van der Waals surface area contributed by atoms with E-state index in [-0.39, 0.29) is 11.8 Å². The average molecular weight is 420 g/mol. The summed E-state index contributed by atoms with van der Waals surface area (Å²) in [5.41, 5.74) is 0.637. The van der Waals surface area contributed by atoms with Crippen molar-refractivity contribution in [2.75, 3.05) is 19.8 Å². The molecule has 3 aliphatic rings. The minimum atomic E-state index is -1.44. The van der Waals surface area contributed by atoms with Gasteiger partial charge in [-0.25, -0.2) is 0 Å². The number of piperidine rings is 1. The third kappa shape index (κ3) is 4.14. The first-order valence-corrected chi connectivity index (χ1v) is 11.7. The van der Waals surface area contributed by atoms with Crippen molar-refractivity contribution in [3.05, 3.63) is 71.8 Å². The number of carbonyl (C=O) groups is 1. The van der Waals surface area contributed by atoms with Gasteiger partial charge in [0.25, 0.3) is 5.91 Å². The van der Waals surface area contributed by atoms with Crippen molar-refractivity contribution < 1.29 is 9.90 Å². The molecule has 2 aromatic rings. The van der Waals surface area contributed by atoms with Crippen LogP contribution in [0.4, 0.5) is 0 Å². The molecule has 5 rings (SSSR count). The van der Waals surface area contributed by atoms with Crippen molar-refractivity contribution in [3.63, 3.8) is 0 Å². The van der Waals surface area contributed by atoms with Gasteiger partial charge in [-0.3, -0.25) is 15.0 Å². The highest BCUT2D eigenvalue weighted by Crippen LogP contribution is 2.46. The summed E-state index contributed by atoms with van der Waals surface area (Å²) in [6.07, 6.45) is 3.96. The molecule has 5 nitrogen and oxygen atoms in total. The van der Waals surface area contributed by atoms with Crippen LogP contribution in [0.2, 0.25) is 0 Å². The third-order valence-electron chi connectivity index (χ3n) is 7.61. The summed E-state index contributed by atoms with van der Waals surface area (Å²) in [6, 6.07) is 20.6. The lowest BCUT2D eigenvalue weighted by Gasteiger charge is -2.33. The van der Waals surface area contributed by atoms with Gasteiger partial charge in [0, 0.05) is 31.6 Å². The highest BCUT2D eigenvalue weighted by atomic mass is 16.3. The van der Waals surface area contributed by atoms with Crippen LogP contribution in [-0.2, 0) is 16.9 Å². The molecule has 164 valence electrons. The first-order valence-electron chi connectivity index (χ1n) is 11.7. The molecular formula is C26H33N3O2. The number of hydrogen-bond donors (Lipinski definition) is 3. The van der Waals surface area contributed by atoms with E-state index >= 15 is 0 Å². The number of amides is 1.